The summed E-state index contributed by atoms with van der Waals surface area (Å²) in [5.41, 5.74) is 0.859. The van der Waals surface area contributed by atoms with Gasteiger partial charge in [-0.2, -0.15) is 0 Å². The van der Waals surface area contributed by atoms with E-state index in [0.29, 0.717) is 6.54 Å². The molecule has 2 aromatic rings. The SMILES string of the molecule is C[C@@H]1C[NH+](CC(=O)Nc2ccc3ccccc3c2)C[C@@H](C)O1. The minimum absolute atomic E-state index is 0.0616. The largest absolute Gasteiger partial charge is 0.364 e. The zero-order chi connectivity index (χ0) is 15.5. The summed E-state index contributed by atoms with van der Waals surface area (Å²) >= 11 is 0. The van der Waals surface area contributed by atoms with Crippen molar-refractivity contribution in [3.63, 3.8) is 0 Å². The number of hydrogen-bond acceptors (Lipinski definition) is 2. The Morgan fingerprint density at radius 2 is 1.82 bits per heavy atom. The average molecular weight is 299 g/mol. The van der Waals surface area contributed by atoms with Gasteiger partial charge < -0.3 is 15.0 Å². The fourth-order valence-corrected chi connectivity index (χ4v) is 3.23. The van der Waals surface area contributed by atoms with E-state index in [1.807, 2.05) is 30.3 Å². The van der Waals surface area contributed by atoms with E-state index in [4.69, 9.17) is 4.74 Å². The van der Waals surface area contributed by atoms with Crippen molar-refractivity contribution in [1.82, 2.24) is 0 Å². The molecular weight excluding hydrogens is 276 g/mol. The van der Waals surface area contributed by atoms with Gasteiger partial charge in [-0.1, -0.05) is 30.3 Å². The standard InChI is InChI=1S/C18H22N2O2/c1-13-10-20(11-14(2)22-13)12-18(21)19-17-8-7-15-5-3-4-6-16(15)9-17/h3-9,13-14H,10-12H2,1-2H3,(H,19,21)/p+1/t13-,14-/m1/s1. The molecule has 0 saturated carbocycles. The number of anilines is 1. The molecule has 1 heterocycles. The van der Waals surface area contributed by atoms with Gasteiger partial charge in [0.2, 0.25) is 0 Å². The van der Waals surface area contributed by atoms with Crippen molar-refractivity contribution in [3.8, 4) is 0 Å². The van der Waals surface area contributed by atoms with Gasteiger partial charge in [0.1, 0.15) is 25.3 Å². The summed E-state index contributed by atoms with van der Waals surface area (Å²) < 4.78 is 5.71. The molecule has 0 spiro atoms. The first kappa shape index (κ1) is 15.0. The minimum Gasteiger partial charge on any atom is -0.364 e. The number of fused-ring (bicyclic) bond motifs is 1. The highest BCUT2D eigenvalue weighted by Crippen LogP contribution is 2.18. The van der Waals surface area contributed by atoms with Crippen molar-refractivity contribution >= 4 is 22.4 Å². The normalized spacial score (nSPS) is 25.1. The van der Waals surface area contributed by atoms with Gasteiger partial charge in [-0.25, -0.2) is 0 Å². The third kappa shape index (κ3) is 3.64. The lowest BCUT2D eigenvalue weighted by molar-refractivity contribution is -0.907. The maximum atomic E-state index is 12.3. The molecule has 0 aromatic heterocycles. The van der Waals surface area contributed by atoms with Gasteiger partial charge in [-0.15, -0.1) is 0 Å². The van der Waals surface area contributed by atoms with Crippen LogP contribution >= 0.6 is 0 Å². The first-order valence-electron chi connectivity index (χ1n) is 7.88. The second kappa shape index (κ2) is 6.46. The second-order valence-corrected chi connectivity index (χ2v) is 6.20. The molecule has 2 aromatic carbocycles. The van der Waals surface area contributed by atoms with Gasteiger partial charge in [0.05, 0.1) is 0 Å². The number of amides is 1. The Bertz CT molecular complexity index is 661. The quantitative estimate of drug-likeness (QED) is 0.901. The Morgan fingerprint density at radius 1 is 1.14 bits per heavy atom. The van der Waals surface area contributed by atoms with E-state index >= 15 is 0 Å². The van der Waals surface area contributed by atoms with E-state index in [1.165, 1.54) is 10.3 Å². The number of quaternary nitrogens is 1. The number of carbonyl (C=O) groups excluding carboxylic acids is 1. The predicted molar refractivity (Wildman–Crippen MR) is 88.2 cm³/mol. The number of carbonyl (C=O) groups is 1. The van der Waals surface area contributed by atoms with Crippen molar-refractivity contribution in [2.75, 3.05) is 25.0 Å². The zero-order valence-corrected chi connectivity index (χ0v) is 13.1. The molecule has 116 valence electrons. The zero-order valence-electron chi connectivity index (χ0n) is 13.1. The van der Waals surface area contributed by atoms with E-state index in [0.717, 1.165) is 24.2 Å². The Hall–Kier alpha value is -1.91. The molecule has 0 unspecified atom stereocenters. The van der Waals surface area contributed by atoms with E-state index in [1.54, 1.807) is 0 Å². The van der Waals surface area contributed by atoms with Crippen LogP contribution in [0.1, 0.15) is 13.8 Å². The molecule has 2 atom stereocenters. The van der Waals surface area contributed by atoms with Gasteiger partial charge in [-0.3, -0.25) is 4.79 Å². The number of benzene rings is 2. The molecule has 2 N–H and O–H groups in total. The topological polar surface area (TPSA) is 42.8 Å². The number of nitrogens with one attached hydrogen (secondary N) is 2. The number of hydrogen-bond donors (Lipinski definition) is 2. The Kier molecular flexibility index (Phi) is 4.41. The van der Waals surface area contributed by atoms with Crippen LogP contribution in [0.2, 0.25) is 0 Å². The highest BCUT2D eigenvalue weighted by molar-refractivity contribution is 5.94. The van der Waals surface area contributed by atoms with Gasteiger partial charge in [0.25, 0.3) is 5.91 Å². The lowest BCUT2D eigenvalue weighted by atomic mass is 10.1. The van der Waals surface area contributed by atoms with Crippen molar-refractivity contribution in [3.05, 3.63) is 42.5 Å². The lowest BCUT2D eigenvalue weighted by Gasteiger charge is -2.31. The Balaban J connectivity index is 1.63. The molecule has 1 saturated heterocycles. The van der Waals surface area contributed by atoms with Crippen LogP contribution in [0.5, 0.6) is 0 Å². The smallest absolute Gasteiger partial charge is 0.279 e. The van der Waals surface area contributed by atoms with Crippen LogP contribution in [0.25, 0.3) is 10.8 Å². The second-order valence-electron chi connectivity index (χ2n) is 6.20. The maximum Gasteiger partial charge on any atom is 0.279 e. The van der Waals surface area contributed by atoms with Crippen LogP contribution in [0, 0.1) is 0 Å². The molecule has 1 aliphatic heterocycles. The molecule has 3 rings (SSSR count). The van der Waals surface area contributed by atoms with Gasteiger partial charge >= 0.3 is 0 Å². The Morgan fingerprint density at radius 3 is 2.55 bits per heavy atom. The van der Waals surface area contributed by atoms with E-state index < -0.39 is 0 Å². The highest BCUT2D eigenvalue weighted by atomic mass is 16.5. The summed E-state index contributed by atoms with van der Waals surface area (Å²) in [7, 11) is 0. The molecule has 0 radical (unpaired) electrons. The van der Waals surface area contributed by atoms with Gasteiger partial charge in [0.15, 0.2) is 6.54 Å². The molecular formula is C18H23N2O2+. The first-order valence-corrected chi connectivity index (χ1v) is 7.88. The summed E-state index contributed by atoms with van der Waals surface area (Å²) in [5.74, 6) is 0.0616. The maximum absolute atomic E-state index is 12.3. The van der Waals surface area contributed by atoms with E-state index in [9.17, 15) is 4.79 Å². The number of rotatable bonds is 3. The minimum atomic E-state index is 0.0616. The summed E-state index contributed by atoms with van der Waals surface area (Å²) in [6, 6.07) is 14.2. The molecule has 0 bridgehead atoms. The fraction of sp³-hybridized carbons (Fsp3) is 0.389. The van der Waals surface area contributed by atoms with Crippen LogP contribution in [-0.2, 0) is 9.53 Å². The van der Waals surface area contributed by atoms with Crippen LogP contribution in [0.15, 0.2) is 42.5 Å². The van der Waals surface area contributed by atoms with Crippen molar-refractivity contribution in [2.24, 2.45) is 0 Å². The van der Waals surface area contributed by atoms with Crippen LogP contribution in [-0.4, -0.2) is 37.7 Å². The van der Waals surface area contributed by atoms with Gasteiger partial charge in [-0.05, 0) is 36.8 Å². The van der Waals surface area contributed by atoms with Crippen molar-refractivity contribution in [2.45, 2.75) is 26.1 Å². The predicted octanol–water partition coefficient (Wildman–Crippen LogP) is 1.47. The third-order valence-electron chi connectivity index (χ3n) is 4.06. The summed E-state index contributed by atoms with van der Waals surface area (Å²) in [6.45, 7) is 6.39. The van der Waals surface area contributed by atoms with Crippen molar-refractivity contribution in [1.29, 1.82) is 0 Å². The monoisotopic (exact) mass is 299 g/mol. The van der Waals surface area contributed by atoms with Gasteiger partial charge in [0, 0.05) is 5.69 Å². The van der Waals surface area contributed by atoms with Crippen LogP contribution in [0.4, 0.5) is 5.69 Å². The fourth-order valence-electron chi connectivity index (χ4n) is 3.23. The van der Waals surface area contributed by atoms with E-state index in [2.05, 4.69) is 31.3 Å². The molecule has 1 aliphatic rings. The summed E-state index contributed by atoms with van der Waals surface area (Å²) in [6.07, 6.45) is 0.430. The molecule has 4 nitrogen and oxygen atoms in total. The summed E-state index contributed by atoms with van der Waals surface area (Å²) in [5, 5.41) is 5.33. The molecule has 1 fully saturated rings. The molecule has 0 aliphatic carbocycles. The summed E-state index contributed by atoms with van der Waals surface area (Å²) in [4.78, 5) is 13.5. The van der Waals surface area contributed by atoms with E-state index in [-0.39, 0.29) is 18.1 Å². The van der Waals surface area contributed by atoms with Crippen molar-refractivity contribution < 1.29 is 14.4 Å². The van der Waals surface area contributed by atoms with Crippen LogP contribution < -0.4 is 10.2 Å². The first-order chi connectivity index (χ1) is 10.6. The highest BCUT2D eigenvalue weighted by Gasteiger charge is 2.27. The lowest BCUT2D eigenvalue weighted by Crippen LogP contribution is -3.16. The Labute approximate surface area is 131 Å². The molecule has 1 amide bonds. The number of ether oxygens (including phenoxy) is 1. The average Bonchev–Trinajstić information content (AvgIpc) is 2.45. The molecule has 22 heavy (non-hydrogen) atoms. The van der Waals surface area contributed by atoms with Crippen LogP contribution in [0.3, 0.4) is 0 Å². The number of morpholine rings is 1. The molecule has 4 heteroatoms. The third-order valence-corrected chi connectivity index (χ3v) is 4.06.